The van der Waals surface area contributed by atoms with Crippen LogP contribution in [0.5, 0.6) is 0 Å². The summed E-state index contributed by atoms with van der Waals surface area (Å²) in [6.07, 6.45) is 3.94. The van der Waals surface area contributed by atoms with Crippen molar-refractivity contribution < 1.29 is 8.42 Å². The predicted molar refractivity (Wildman–Crippen MR) is 143 cm³/mol. The van der Waals surface area contributed by atoms with Gasteiger partial charge in [-0.2, -0.15) is 9.57 Å². The first-order chi connectivity index (χ1) is 17.8. The molecule has 1 aliphatic heterocycles. The lowest BCUT2D eigenvalue weighted by molar-refractivity contribution is 0.302. The highest BCUT2D eigenvalue weighted by Crippen LogP contribution is 2.34. The number of nitrogens with zero attached hydrogens (tertiary/aromatic N) is 4. The van der Waals surface area contributed by atoms with Crippen molar-refractivity contribution >= 4 is 15.7 Å². The van der Waals surface area contributed by atoms with E-state index in [0.717, 1.165) is 33.6 Å². The lowest BCUT2D eigenvalue weighted by Gasteiger charge is -2.40. The van der Waals surface area contributed by atoms with Crippen LogP contribution in [0.3, 0.4) is 0 Å². The highest BCUT2D eigenvalue weighted by atomic mass is 32.2. The molecule has 0 bridgehead atoms. The Morgan fingerprint density at radius 2 is 1.84 bits per heavy atom. The van der Waals surface area contributed by atoms with Crippen molar-refractivity contribution in [3.05, 3.63) is 113 Å². The molecule has 188 valence electrons. The number of nitrogens with one attached hydrogen (secondary N) is 1. The van der Waals surface area contributed by atoms with E-state index in [9.17, 15) is 13.7 Å². The van der Waals surface area contributed by atoms with Gasteiger partial charge in [0.15, 0.2) is 0 Å². The van der Waals surface area contributed by atoms with Crippen LogP contribution in [0.15, 0.2) is 84.1 Å². The SMILES string of the molecule is Cc1cc(C)cc(CN(C2Cc3cc(C#N)ccc3N(Cc3cnc[nH]3)C2)S(=O)(=O)c2ccccc2)c1. The highest BCUT2D eigenvalue weighted by molar-refractivity contribution is 7.89. The van der Waals surface area contributed by atoms with Gasteiger partial charge in [0.05, 0.1) is 35.1 Å². The zero-order chi connectivity index (χ0) is 26.0. The summed E-state index contributed by atoms with van der Waals surface area (Å²) in [5.41, 5.74) is 6.61. The standard InChI is InChI=1S/C29H29N5O2S/c1-21-10-22(2)12-24(11-21)17-34(37(35,36)28-6-4-3-5-7-28)27-14-25-13-23(15-30)8-9-29(25)33(19-27)18-26-16-31-20-32-26/h3-13,16,20,27H,14,17-19H2,1-2H3,(H,31,32). The average molecular weight is 512 g/mol. The molecule has 1 atom stereocenters. The van der Waals surface area contributed by atoms with Gasteiger partial charge in [-0.05, 0) is 61.7 Å². The van der Waals surface area contributed by atoms with Crippen LogP contribution in [0, 0.1) is 25.2 Å². The second kappa shape index (κ2) is 10.2. The van der Waals surface area contributed by atoms with Crippen LogP contribution in [0.1, 0.15) is 33.5 Å². The molecule has 0 saturated carbocycles. The second-order valence-electron chi connectivity index (χ2n) is 9.63. The molecule has 8 heteroatoms. The minimum atomic E-state index is -3.81. The van der Waals surface area contributed by atoms with E-state index in [0.29, 0.717) is 25.1 Å². The summed E-state index contributed by atoms with van der Waals surface area (Å²) >= 11 is 0. The number of benzene rings is 3. The fourth-order valence-corrected chi connectivity index (χ4v) is 6.82. The molecule has 7 nitrogen and oxygen atoms in total. The van der Waals surface area contributed by atoms with Gasteiger partial charge in [0, 0.05) is 31.0 Å². The average Bonchev–Trinajstić information content (AvgIpc) is 3.40. The number of anilines is 1. The number of H-pyrrole nitrogens is 1. The van der Waals surface area contributed by atoms with Crippen LogP contribution in [0.25, 0.3) is 0 Å². The Labute approximate surface area is 218 Å². The number of fused-ring (bicyclic) bond motifs is 1. The third kappa shape index (κ3) is 5.29. The van der Waals surface area contributed by atoms with Gasteiger partial charge < -0.3 is 9.88 Å². The molecule has 5 rings (SSSR count). The van der Waals surface area contributed by atoms with Crippen LogP contribution in [-0.4, -0.2) is 35.3 Å². The van der Waals surface area contributed by atoms with Crippen molar-refractivity contribution in [2.24, 2.45) is 0 Å². The number of hydrogen-bond donors (Lipinski definition) is 1. The normalized spacial score (nSPS) is 15.4. The molecular formula is C29H29N5O2S. The van der Waals surface area contributed by atoms with Gasteiger partial charge in [0.2, 0.25) is 10.0 Å². The number of aromatic nitrogens is 2. The predicted octanol–water partition coefficient (Wildman–Crippen LogP) is 4.72. The fourth-order valence-electron chi connectivity index (χ4n) is 5.20. The molecule has 0 fully saturated rings. The smallest absolute Gasteiger partial charge is 0.243 e. The van der Waals surface area contributed by atoms with E-state index in [2.05, 4.69) is 27.0 Å². The Hall–Kier alpha value is -3.93. The third-order valence-electron chi connectivity index (χ3n) is 6.73. The number of imidazole rings is 1. The molecule has 4 aromatic rings. The summed E-state index contributed by atoms with van der Waals surface area (Å²) in [7, 11) is -3.81. The van der Waals surface area contributed by atoms with Crippen molar-refractivity contribution in [3.63, 3.8) is 0 Å². The van der Waals surface area contributed by atoms with Crippen LogP contribution >= 0.6 is 0 Å². The molecule has 1 aliphatic rings. The van der Waals surface area contributed by atoms with Crippen LogP contribution in [0.2, 0.25) is 0 Å². The molecule has 0 saturated heterocycles. The molecule has 3 aromatic carbocycles. The summed E-state index contributed by atoms with van der Waals surface area (Å²) < 4.78 is 29.8. The van der Waals surface area contributed by atoms with Crippen LogP contribution in [0.4, 0.5) is 5.69 Å². The van der Waals surface area contributed by atoms with Gasteiger partial charge in [-0.15, -0.1) is 0 Å². The van der Waals surface area contributed by atoms with Gasteiger partial charge in [-0.25, -0.2) is 13.4 Å². The van der Waals surface area contributed by atoms with Gasteiger partial charge >= 0.3 is 0 Å². The summed E-state index contributed by atoms with van der Waals surface area (Å²) in [5, 5.41) is 9.53. The number of aromatic amines is 1. The molecule has 0 amide bonds. The number of hydrogen-bond acceptors (Lipinski definition) is 5. The molecular weight excluding hydrogens is 482 g/mol. The lowest BCUT2D eigenvalue weighted by atomic mass is 9.95. The van der Waals surface area contributed by atoms with E-state index in [1.807, 2.05) is 50.2 Å². The minimum Gasteiger partial charge on any atom is -0.364 e. The van der Waals surface area contributed by atoms with Crippen LogP contribution in [-0.2, 0) is 29.5 Å². The Morgan fingerprint density at radius 3 is 2.51 bits per heavy atom. The molecule has 0 radical (unpaired) electrons. The van der Waals surface area contributed by atoms with Gasteiger partial charge in [0.25, 0.3) is 0 Å². The molecule has 1 aromatic heterocycles. The molecule has 37 heavy (non-hydrogen) atoms. The third-order valence-corrected chi connectivity index (χ3v) is 8.64. The van der Waals surface area contributed by atoms with Gasteiger partial charge in [0.1, 0.15) is 0 Å². The first-order valence-corrected chi connectivity index (χ1v) is 13.7. The lowest BCUT2D eigenvalue weighted by Crippen LogP contribution is -2.50. The summed E-state index contributed by atoms with van der Waals surface area (Å²) in [5.74, 6) is 0. The molecule has 0 spiro atoms. The van der Waals surface area contributed by atoms with E-state index >= 15 is 0 Å². The maximum absolute atomic E-state index is 14.1. The molecule has 1 N–H and O–H groups in total. The van der Waals surface area contributed by atoms with E-state index in [4.69, 9.17) is 0 Å². The van der Waals surface area contributed by atoms with Gasteiger partial charge in [-0.1, -0.05) is 47.5 Å². The van der Waals surface area contributed by atoms with Crippen molar-refractivity contribution in [1.82, 2.24) is 14.3 Å². The summed E-state index contributed by atoms with van der Waals surface area (Å²) in [6, 6.07) is 22.3. The maximum Gasteiger partial charge on any atom is 0.243 e. The van der Waals surface area contributed by atoms with E-state index in [-0.39, 0.29) is 17.5 Å². The van der Waals surface area contributed by atoms with Crippen molar-refractivity contribution in [2.45, 2.75) is 44.3 Å². The van der Waals surface area contributed by atoms with Gasteiger partial charge in [-0.3, -0.25) is 0 Å². The number of aryl methyl sites for hydroxylation is 2. The topological polar surface area (TPSA) is 93.1 Å². The van der Waals surface area contributed by atoms with E-state index in [1.165, 1.54) is 0 Å². The first kappa shape index (κ1) is 24.8. The Kier molecular flexibility index (Phi) is 6.83. The Balaban J connectivity index is 1.59. The quantitative estimate of drug-likeness (QED) is 0.388. The minimum absolute atomic E-state index is 0.260. The number of sulfonamides is 1. The maximum atomic E-state index is 14.1. The summed E-state index contributed by atoms with van der Waals surface area (Å²) in [4.78, 5) is 9.75. The number of nitriles is 1. The zero-order valence-corrected chi connectivity index (χ0v) is 21.7. The second-order valence-corrected chi connectivity index (χ2v) is 11.5. The first-order valence-electron chi connectivity index (χ1n) is 12.2. The largest absolute Gasteiger partial charge is 0.364 e. The van der Waals surface area contributed by atoms with Crippen molar-refractivity contribution in [1.29, 1.82) is 5.26 Å². The van der Waals surface area contributed by atoms with E-state index < -0.39 is 10.0 Å². The number of rotatable bonds is 7. The monoisotopic (exact) mass is 511 g/mol. The molecule has 2 heterocycles. The Bertz CT molecular complexity index is 1520. The zero-order valence-electron chi connectivity index (χ0n) is 20.9. The highest BCUT2D eigenvalue weighted by Gasteiger charge is 2.36. The molecule has 0 aliphatic carbocycles. The van der Waals surface area contributed by atoms with Crippen molar-refractivity contribution in [2.75, 3.05) is 11.4 Å². The fraction of sp³-hybridized carbons (Fsp3) is 0.241. The Morgan fingerprint density at radius 1 is 1.08 bits per heavy atom. The van der Waals surface area contributed by atoms with Crippen LogP contribution < -0.4 is 4.90 Å². The molecule has 1 unspecified atom stereocenters. The van der Waals surface area contributed by atoms with Crippen molar-refractivity contribution in [3.8, 4) is 6.07 Å². The summed E-state index contributed by atoms with van der Waals surface area (Å²) in [6.45, 7) is 5.38. The van der Waals surface area contributed by atoms with E-state index in [1.54, 1.807) is 41.1 Å².